The molecule has 0 radical (unpaired) electrons. The Morgan fingerprint density at radius 2 is 1.89 bits per heavy atom. The summed E-state index contributed by atoms with van der Waals surface area (Å²) >= 11 is 1.72. The molecule has 0 saturated carbocycles. The second-order valence-corrected chi connectivity index (χ2v) is 7.12. The molecule has 0 spiro atoms. The maximum atomic E-state index is 4.48. The maximum absolute atomic E-state index is 4.48. The van der Waals surface area contributed by atoms with Crippen LogP contribution in [0.4, 0.5) is 5.82 Å². The number of nitrogens with zero attached hydrogens (tertiary/aromatic N) is 2. The molecule has 3 nitrogen and oxygen atoms in total. The van der Waals surface area contributed by atoms with Gasteiger partial charge in [-0.3, -0.25) is 0 Å². The summed E-state index contributed by atoms with van der Waals surface area (Å²) in [7, 11) is 0. The molecule has 0 amide bonds. The average molecular weight is 275 g/mol. The lowest BCUT2D eigenvalue weighted by atomic mass is 9.88. The fourth-order valence-corrected chi connectivity index (χ4v) is 2.56. The van der Waals surface area contributed by atoms with Gasteiger partial charge in [0.1, 0.15) is 10.8 Å². The molecular formula is C15H21N3S. The normalized spacial score (nSPS) is 13.3. The molecule has 1 unspecified atom stereocenters. The van der Waals surface area contributed by atoms with E-state index >= 15 is 0 Å². The van der Waals surface area contributed by atoms with Crippen molar-refractivity contribution in [2.24, 2.45) is 0 Å². The van der Waals surface area contributed by atoms with E-state index in [0.29, 0.717) is 0 Å². The summed E-state index contributed by atoms with van der Waals surface area (Å²) in [6.45, 7) is 10.8. The van der Waals surface area contributed by atoms with Crippen molar-refractivity contribution < 1.29 is 0 Å². The Morgan fingerprint density at radius 3 is 2.37 bits per heavy atom. The van der Waals surface area contributed by atoms with E-state index in [1.807, 2.05) is 18.5 Å². The second kappa shape index (κ2) is 5.29. The van der Waals surface area contributed by atoms with Crippen molar-refractivity contribution in [2.45, 2.75) is 46.1 Å². The van der Waals surface area contributed by atoms with Crippen LogP contribution in [0.15, 0.2) is 24.5 Å². The van der Waals surface area contributed by atoms with E-state index in [1.165, 1.54) is 10.4 Å². The van der Waals surface area contributed by atoms with Crippen LogP contribution in [0, 0.1) is 6.92 Å². The van der Waals surface area contributed by atoms with Crippen molar-refractivity contribution in [3.05, 3.63) is 40.0 Å². The van der Waals surface area contributed by atoms with E-state index in [2.05, 4.69) is 56.0 Å². The molecule has 0 fully saturated rings. The number of aromatic nitrogens is 2. The Hall–Kier alpha value is -1.42. The lowest BCUT2D eigenvalue weighted by molar-refractivity contribution is 0.587. The van der Waals surface area contributed by atoms with Gasteiger partial charge in [-0.05, 0) is 30.9 Å². The van der Waals surface area contributed by atoms with Crippen molar-refractivity contribution in [3.63, 3.8) is 0 Å². The summed E-state index contributed by atoms with van der Waals surface area (Å²) in [5, 5.41) is 4.48. The molecule has 2 aromatic rings. The fraction of sp³-hybridized carbons (Fsp3) is 0.467. The minimum atomic E-state index is 0.142. The van der Waals surface area contributed by atoms with Crippen LogP contribution in [0.1, 0.15) is 49.2 Å². The lowest BCUT2D eigenvalue weighted by Crippen LogP contribution is -2.12. The Balaban J connectivity index is 2.07. The zero-order chi connectivity index (χ0) is 14.0. The van der Waals surface area contributed by atoms with Gasteiger partial charge in [0.15, 0.2) is 0 Å². The predicted molar refractivity (Wildman–Crippen MR) is 81.8 cm³/mol. The van der Waals surface area contributed by atoms with Crippen LogP contribution in [0.3, 0.4) is 0 Å². The van der Waals surface area contributed by atoms with Gasteiger partial charge in [0.25, 0.3) is 0 Å². The molecule has 0 aromatic carbocycles. The third-order valence-corrected chi connectivity index (χ3v) is 4.10. The minimum Gasteiger partial charge on any atom is -0.361 e. The summed E-state index contributed by atoms with van der Waals surface area (Å²) in [5.74, 6) is 0.897. The molecule has 2 heterocycles. The van der Waals surface area contributed by atoms with E-state index in [-0.39, 0.29) is 11.5 Å². The zero-order valence-electron chi connectivity index (χ0n) is 12.2. The first-order valence-electron chi connectivity index (χ1n) is 6.51. The summed E-state index contributed by atoms with van der Waals surface area (Å²) in [6.07, 6.45) is 3.86. The molecule has 2 rings (SSSR count). The van der Waals surface area contributed by atoms with Gasteiger partial charge in [-0.2, -0.15) is 0 Å². The molecule has 4 heteroatoms. The lowest BCUT2D eigenvalue weighted by Gasteiger charge is -2.19. The Kier molecular flexibility index (Phi) is 3.90. The second-order valence-electron chi connectivity index (χ2n) is 5.86. The number of thiazole rings is 1. The summed E-state index contributed by atoms with van der Waals surface area (Å²) in [4.78, 5) is 10.1. The third-order valence-electron chi connectivity index (χ3n) is 3.00. The van der Waals surface area contributed by atoms with Crippen LogP contribution in [0.2, 0.25) is 0 Å². The molecule has 102 valence electrons. The van der Waals surface area contributed by atoms with Crippen LogP contribution in [-0.2, 0) is 5.41 Å². The van der Waals surface area contributed by atoms with E-state index in [4.69, 9.17) is 0 Å². The Morgan fingerprint density at radius 1 is 1.16 bits per heavy atom. The van der Waals surface area contributed by atoms with Crippen molar-refractivity contribution >= 4 is 17.2 Å². The van der Waals surface area contributed by atoms with E-state index < -0.39 is 0 Å². The van der Waals surface area contributed by atoms with Gasteiger partial charge >= 0.3 is 0 Å². The minimum absolute atomic E-state index is 0.142. The molecule has 0 saturated heterocycles. The number of hydrogen-bond donors (Lipinski definition) is 1. The summed E-state index contributed by atoms with van der Waals surface area (Å²) < 4.78 is 0. The maximum Gasteiger partial charge on any atom is 0.126 e. The van der Waals surface area contributed by atoms with Gasteiger partial charge in [-0.1, -0.05) is 26.8 Å². The first kappa shape index (κ1) is 14.0. The molecule has 0 aliphatic carbocycles. The van der Waals surface area contributed by atoms with Crippen molar-refractivity contribution in [1.29, 1.82) is 0 Å². The first-order valence-corrected chi connectivity index (χ1v) is 7.33. The summed E-state index contributed by atoms with van der Waals surface area (Å²) in [6, 6.07) is 4.36. The van der Waals surface area contributed by atoms with Crippen LogP contribution >= 0.6 is 11.3 Å². The number of anilines is 1. The van der Waals surface area contributed by atoms with Gasteiger partial charge in [0.05, 0.1) is 6.04 Å². The number of nitrogens with one attached hydrogen (secondary N) is 1. The number of pyridine rings is 1. The molecule has 2 aromatic heterocycles. The average Bonchev–Trinajstić information content (AvgIpc) is 2.75. The molecule has 0 bridgehead atoms. The van der Waals surface area contributed by atoms with Gasteiger partial charge in [0.2, 0.25) is 0 Å². The summed E-state index contributed by atoms with van der Waals surface area (Å²) in [5.41, 5.74) is 1.39. The van der Waals surface area contributed by atoms with Crippen LogP contribution in [-0.4, -0.2) is 9.97 Å². The zero-order valence-corrected chi connectivity index (χ0v) is 13.0. The SMILES string of the molecule is Cc1cnc(C(C)Nc2ccc(C(C)(C)C)cn2)s1. The van der Waals surface area contributed by atoms with E-state index in [1.54, 1.807) is 11.3 Å². The van der Waals surface area contributed by atoms with Gasteiger partial charge in [0, 0.05) is 17.3 Å². The predicted octanol–water partition coefficient (Wildman–Crippen LogP) is 4.32. The van der Waals surface area contributed by atoms with Crippen molar-refractivity contribution in [1.82, 2.24) is 9.97 Å². The van der Waals surface area contributed by atoms with Crippen LogP contribution in [0.5, 0.6) is 0 Å². The Bertz CT molecular complexity index is 537. The molecule has 1 atom stereocenters. The smallest absolute Gasteiger partial charge is 0.126 e. The van der Waals surface area contributed by atoms with E-state index in [9.17, 15) is 0 Å². The number of hydrogen-bond acceptors (Lipinski definition) is 4. The fourth-order valence-electron chi connectivity index (χ4n) is 1.78. The molecule has 0 aliphatic heterocycles. The molecular weight excluding hydrogens is 254 g/mol. The van der Waals surface area contributed by atoms with Crippen molar-refractivity contribution in [3.8, 4) is 0 Å². The first-order chi connectivity index (χ1) is 8.86. The van der Waals surface area contributed by atoms with Gasteiger partial charge < -0.3 is 5.32 Å². The highest BCUT2D eigenvalue weighted by molar-refractivity contribution is 7.11. The topological polar surface area (TPSA) is 37.8 Å². The standard InChI is InChI=1S/C15H21N3S/c1-10-8-17-14(19-10)11(2)18-13-7-6-12(9-16-13)15(3,4)5/h6-9,11H,1-5H3,(H,16,18). The largest absolute Gasteiger partial charge is 0.361 e. The number of aryl methyl sites for hydroxylation is 1. The van der Waals surface area contributed by atoms with Crippen molar-refractivity contribution in [2.75, 3.05) is 5.32 Å². The van der Waals surface area contributed by atoms with Gasteiger partial charge in [-0.15, -0.1) is 11.3 Å². The quantitative estimate of drug-likeness (QED) is 0.906. The number of rotatable bonds is 3. The molecule has 0 aliphatic rings. The van der Waals surface area contributed by atoms with Gasteiger partial charge in [-0.25, -0.2) is 9.97 Å². The van der Waals surface area contributed by atoms with Crippen LogP contribution < -0.4 is 5.32 Å². The van der Waals surface area contributed by atoms with Crippen LogP contribution in [0.25, 0.3) is 0 Å². The highest BCUT2D eigenvalue weighted by atomic mass is 32.1. The molecule has 19 heavy (non-hydrogen) atoms. The molecule has 1 N–H and O–H groups in total. The third kappa shape index (κ3) is 3.53. The van der Waals surface area contributed by atoms with E-state index in [0.717, 1.165) is 10.8 Å². The highest BCUT2D eigenvalue weighted by Crippen LogP contribution is 2.25. The Labute approximate surface area is 119 Å². The highest BCUT2D eigenvalue weighted by Gasteiger charge is 2.14. The monoisotopic (exact) mass is 275 g/mol.